The number of aryl methyl sites for hydroxylation is 5. The first-order valence-electron chi connectivity index (χ1n) is 11.1. The fourth-order valence-electron chi connectivity index (χ4n) is 5.16. The van der Waals surface area contributed by atoms with Gasteiger partial charge in [-0.05, 0) is 77.5 Å². The van der Waals surface area contributed by atoms with Crippen LogP contribution in [0.3, 0.4) is 0 Å². The smallest absolute Gasteiger partial charge is 0.165 e. The standard InChI is InChI=1S/C25H34N4O/c1-15-13-16(2)22(17(3)14-15)23-20(6)27-29-24(23)26-19(5)21-10-9-18(4)28(25(21)29)11-8-12-30-7/h13-14,18H,8-12H2,1-7H3. The van der Waals surface area contributed by atoms with E-state index >= 15 is 0 Å². The third-order valence-electron chi connectivity index (χ3n) is 6.51. The molecule has 5 heteroatoms. The average Bonchev–Trinajstić information content (AvgIpc) is 2.99. The summed E-state index contributed by atoms with van der Waals surface area (Å²) in [5.41, 5.74) is 10.8. The van der Waals surface area contributed by atoms with Crippen molar-refractivity contribution in [2.45, 2.75) is 66.8 Å². The van der Waals surface area contributed by atoms with Crippen molar-refractivity contribution in [2.24, 2.45) is 0 Å². The van der Waals surface area contributed by atoms with Crippen molar-refractivity contribution in [1.29, 1.82) is 0 Å². The third kappa shape index (κ3) is 3.39. The van der Waals surface area contributed by atoms with Crippen LogP contribution in [0.4, 0.5) is 5.82 Å². The number of benzene rings is 1. The van der Waals surface area contributed by atoms with Crippen LogP contribution in [0.15, 0.2) is 12.1 Å². The Morgan fingerprint density at radius 2 is 1.73 bits per heavy atom. The van der Waals surface area contributed by atoms with Crippen molar-refractivity contribution < 1.29 is 4.74 Å². The fourth-order valence-corrected chi connectivity index (χ4v) is 5.16. The summed E-state index contributed by atoms with van der Waals surface area (Å²) in [6.45, 7) is 14.9. The van der Waals surface area contributed by atoms with E-state index in [4.69, 9.17) is 14.8 Å². The van der Waals surface area contributed by atoms with Gasteiger partial charge < -0.3 is 9.64 Å². The van der Waals surface area contributed by atoms with Gasteiger partial charge in [0.2, 0.25) is 0 Å². The normalized spacial score (nSPS) is 16.4. The SMILES string of the molecule is COCCCN1c2c(c(C)nc3c(-c4c(C)cc(C)cc4C)c(C)nn23)CCC1C. The van der Waals surface area contributed by atoms with Gasteiger partial charge in [0.05, 0.1) is 11.3 Å². The highest BCUT2D eigenvalue weighted by molar-refractivity contribution is 5.85. The molecule has 1 atom stereocenters. The van der Waals surface area contributed by atoms with Crippen molar-refractivity contribution in [2.75, 3.05) is 25.2 Å². The summed E-state index contributed by atoms with van der Waals surface area (Å²) in [6, 6.07) is 5.00. The van der Waals surface area contributed by atoms with Gasteiger partial charge in [-0.15, -0.1) is 0 Å². The molecule has 0 saturated carbocycles. The highest BCUT2D eigenvalue weighted by Crippen LogP contribution is 2.38. The minimum atomic E-state index is 0.482. The third-order valence-corrected chi connectivity index (χ3v) is 6.51. The van der Waals surface area contributed by atoms with Gasteiger partial charge in [-0.3, -0.25) is 0 Å². The second kappa shape index (κ2) is 8.03. The summed E-state index contributed by atoms with van der Waals surface area (Å²) in [5, 5.41) is 5.04. The lowest BCUT2D eigenvalue weighted by molar-refractivity contribution is 0.195. The zero-order valence-corrected chi connectivity index (χ0v) is 19.5. The van der Waals surface area contributed by atoms with Crippen LogP contribution in [-0.4, -0.2) is 40.9 Å². The van der Waals surface area contributed by atoms with Gasteiger partial charge in [0.15, 0.2) is 5.65 Å². The first-order valence-corrected chi connectivity index (χ1v) is 11.1. The van der Waals surface area contributed by atoms with E-state index in [1.807, 2.05) is 0 Å². The maximum atomic E-state index is 5.32. The molecule has 160 valence electrons. The maximum Gasteiger partial charge on any atom is 0.165 e. The molecule has 1 aliphatic rings. The van der Waals surface area contributed by atoms with Gasteiger partial charge in [0, 0.05) is 37.6 Å². The molecule has 0 saturated heterocycles. The quantitative estimate of drug-likeness (QED) is 0.552. The molecule has 5 nitrogen and oxygen atoms in total. The van der Waals surface area contributed by atoms with Crippen molar-refractivity contribution in [3.8, 4) is 11.1 Å². The molecule has 0 amide bonds. The number of rotatable bonds is 5. The maximum absolute atomic E-state index is 5.32. The van der Waals surface area contributed by atoms with E-state index in [1.54, 1.807) is 7.11 Å². The van der Waals surface area contributed by atoms with E-state index in [-0.39, 0.29) is 0 Å². The molecule has 3 aromatic rings. The predicted octanol–water partition coefficient (Wildman–Crippen LogP) is 5.12. The topological polar surface area (TPSA) is 42.7 Å². The monoisotopic (exact) mass is 406 g/mol. The molecule has 1 aromatic carbocycles. The number of hydrogen-bond donors (Lipinski definition) is 0. The van der Waals surface area contributed by atoms with E-state index in [9.17, 15) is 0 Å². The number of nitrogens with zero attached hydrogens (tertiary/aromatic N) is 4. The number of fused-ring (bicyclic) bond motifs is 3. The Morgan fingerprint density at radius 3 is 2.40 bits per heavy atom. The van der Waals surface area contributed by atoms with E-state index in [0.29, 0.717) is 6.04 Å². The highest BCUT2D eigenvalue weighted by Gasteiger charge is 2.30. The summed E-state index contributed by atoms with van der Waals surface area (Å²) in [7, 11) is 1.77. The van der Waals surface area contributed by atoms with Crippen molar-refractivity contribution in [1.82, 2.24) is 14.6 Å². The van der Waals surface area contributed by atoms with Crippen LogP contribution in [-0.2, 0) is 11.2 Å². The Hall–Kier alpha value is -2.40. The van der Waals surface area contributed by atoms with Gasteiger partial charge in [-0.2, -0.15) is 9.61 Å². The zero-order chi connectivity index (χ0) is 21.6. The summed E-state index contributed by atoms with van der Waals surface area (Å²) in [4.78, 5) is 7.61. The summed E-state index contributed by atoms with van der Waals surface area (Å²) in [5.74, 6) is 1.23. The number of anilines is 1. The molecule has 30 heavy (non-hydrogen) atoms. The molecule has 0 aliphatic carbocycles. The first kappa shape index (κ1) is 20.9. The molecule has 0 radical (unpaired) electrons. The minimum absolute atomic E-state index is 0.482. The number of methoxy groups -OCH3 is 1. The molecule has 0 bridgehead atoms. The number of ether oxygens (including phenoxy) is 1. The van der Waals surface area contributed by atoms with Gasteiger partial charge in [-0.1, -0.05) is 17.7 Å². The Bertz CT molecular complexity index is 1080. The molecule has 0 N–H and O–H groups in total. The van der Waals surface area contributed by atoms with Crippen LogP contribution < -0.4 is 4.90 Å². The van der Waals surface area contributed by atoms with Gasteiger partial charge in [0.1, 0.15) is 5.82 Å². The van der Waals surface area contributed by atoms with Crippen LogP contribution in [0.2, 0.25) is 0 Å². The largest absolute Gasteiger partial charge is 0.385 e. The lowest BCUT2D eigenvalue weighted by atomic mass is 9.93. The van der Waals surface area contributed by atoms with Crippen LogP contribution in [0, 0.1) is 34.6 Å². The van der Waals surface area contributed by atoms with Crippen LogP contribution in [0.5, 0.6) is 0 Å². The predicted molar refractivity (Wildman–Crippen MR) is 124 cm³/mol. The molecular weight excluding hydrogens is 372 g/mol. The van der Waals surface area contributed by atoms with Crippen molar-refractivity contribution in [3.05, 3.63) is 45.8 Å². The number of hydrogen-bond acceptors (Lipinski definition) is 4. The first-order chi connectivity index (χ1) is 14.3. The number of aromatic nitrogens is 3. The van der Waals surface area contributed by atoms with Crippen molar-refractivity contribution in [3.63, 3.8) is 0 Å². The van der Waals surface area contributed by atoms with Gasteiger partial charge in [0.25, 0.3) is 0 Å². The van der Waals surface area contributed by atoms with E-state index in [0.717, 1.165) is 49.4 Å². The minimum Gasteiger partial charge on any atom is -0.385 e. The Labute approximate surface area is 180 Å². The molecule has 4 rings (SSSR count). The lowest BCUT2D eigenvalue weighted by Gasteiger charge is -2.37. The Balaban J connectivity index is 1.96. The lowest BCUT2D eigenvalue weighted by Crippen LogP contribution is -2.40. The molecular formula is C25H34N4O. The Morgan fingerprint density at radius 1 is 1.03 bits per heavy atom. The van der Waals surface area contributed by atoms with Crippen LogP contribution in [0.1, 0.15) is 53.4 Å². The van der Waals surface area contributed by atoms with Gasteiger partial charge >= 0.3 is 0 Å². The highest BCUT2D eigenvalue weighted by atomic mass is 16.5. The van der Waals surface area contributed by atoms with Crippen LogP contribution >= 0.6 is 0 Å². The average molecular weight is 407 g/mol. The van der Waals surface area contributed by atoms with E-state index in [1.165, 1.54) is 39.2 Å². The molecule has 2 aromatic heterocycles. The summed E-state index contributed by atoms with van der Waals surface area (Å²) < 4.78 is 7.44. The molecule has 0 spiro atoms. The van der Waals surface area contributed by atoms with E-state index < -0.39 is 0 Å². The second-order valence-electron chi connectivity index (χ2n) is 8.90. The zero-order valence-electron chi connectivity index (χ0n) is 19.5. The fraction of sp³-hybridized carbons (Fsp3) is 0.520. The molecule has 1 unspecified atom stereocenters. The molecule has 3 heterocycles. The van der Waals surface area contributed by atoms with Crippen LogP contribution in [0.25, 0.3) is 16.8 Å². The summed E-state index contributed by atoms with van der Waals surface area (Å²) in [6.07, 6.45) is 3.21. The molecule has 0 fully saturated rings. The van der Waals surface area contributed by atoms with E-state index in [2.05, 4.69) is 63.1 Å². The van der Waals surface area contributed by atoms with Gasteiger partial charge in [-0.25, -0.2) is 4.98 Å². The molecule has 1 aliphatic heterocycles. The summed E-state index contributed by atoms with van der Waals surface area (Å²) >= 11 is 0. The Kier molecular flexibility index (Phi) is 5.58. The second-order valence-corrected chi connectivity index (χ2v) is 8.90. The van der Waals surface area contributed by atoms with Crippen molar-refractivity contribution >= 4 is 11.5 Å².